The van der Waals surface area contributed by atoms with Crippen molar-refractivity contribution in [1.29, 1.82) is 0 Å². The van der Waals surface area contributed by atoms with E-state index in [0.29, 0.717) is 22.2 Å². The topological polar surface area (TPSA) is 130 Å². The molecule has 2 aromatic heterocycles. The van der Waals surface area contributed by atoms with E-state index in [0.717, 1.165) is 10.9 Å². The fraction of sp³-hybridized carbons (Fsp3) is 0.143. The van der Waals surface area contributed by atoms with Crippen LogP contribution in [0.15, 0.2) is 38.6 Å². The van der Waals surface area contributed by atoms with E-state index in [2.05, 4.69) is 15.0 Å². The number of aromatic nitrogens is 3. The molecule has 4 N–H and O–H groups in total. The average molecular weight is 331 g/mol. The first-order valence-corrected chi connectivity index (χ1v) is 7.54. The Hall–Kier alpha value is -2.81. The highest BCUT2D eigenvalue weighted by Gasteiger charge is 2.09. The Bertz CT molecular complexity index is 908. The zero-order chi connectivity index (χ0) is 16.4. The van der Waals surface area contributed by atoms with Crippen LogP contribution in [-0.2, 0) is 5.75 Å². The third kappa shape index (κ3) is 3.34. The van der Waals surface area contributed by atoms with E-state index in [4.69, 9.17) is 20.6 Å². The van der Waals surface area contributed by atoms with Gasteiger partial charge in [-0.1, -0.05) is 11.8 Å². The Morgan fingerprint density at radius 1 is 1.17 bits per heavy atom. The highest BCUT2D eigenvalue weighted by Crippen LogP contribution is 2.27. The number of nitrogens with two attached hydrogens (primary N) is 2. The maximum absolute atomic E-state index is 11.7. The molecule has 0 saturated carbocycles. The fourth-order valence-electron chi connectivity index (χ4n) is 2.05. The number of nitrogen functional groups attached to an aromatic ring is 2. The largest absolute Gasteiger partial charge is 0.497 e. The minimum atomic E-state index is -0.434. The first kappa shape index (κ1) is 15.1. The van der Waals surface area contributed by atoms with Crippen molar-refractivity contribution >= 4 is 34.6 Å². The lowest BCUT2D eigenvalue weighted by molar-refractivity contribution is 0.414. The Morgan fingerprint density at radius 2 is 1.91 bits per heavy atom. The lowest BCUT2D eigenvalue weighted by atomic mass is 10.1. The second-order valence-corrected chi connectivity index (χ2v) is 5.52. The van der Waals surface area contributed by atoms with Crippen LogP contribution < -0.4 is 21.8 Å². The van der Waals surface area contributed by atoms with Gasteiger partial charge in [0.15, 0.2) is 5.16 Å². The minimum Gasteiger partial charge on any atom is -0.497 e. The van der Waals surface area contributed by atoms with Crippen molar-refractivity contribution in [1.82, 2.24) is 15.0 Å². The lowest BCUT2D eigenvalue weighted by Gasteiger charge is -2.06. The fourth-order valence-corrected chi connectivity index (χ4v) is 2.89. The number of hydrogen-bond donors (Lipinski definition) is 2. The van der Waals surface area contributed by atoms with Gasteiger partial charge in [-0.3, -0.25) is 0 Å². The Balaban J connectivity index is 1.94. The van der Waals surface area contributed by atoms with E-state index in [9.17, 15) is 4.79 Å². The van der Waals surface area contributed by atoms with Gasteiger partial charge in [-0.2, -0.15) is 15.0 Å². The van der Waals surface area contributed by atoms with E-state index in [-0.39, 0.29) is 11.9 Å². The van der Waals surface area contributed by atoms with E-state index in [1.807, 2.05) is 6.07 Å². The summed E-state index contributed by atoms with van der Waals surface area (Å²) >= 11 is 1.30. The first-order valence-electron chi connectivity index (χ1n) is 6.56. The van der Waals surface area contributed by atoms with E-state index in [1.54, 1.807) is 19.2 Å². The van der Waals surface area contributed by atoms with Gasteiger partial charge in [0.25, 0.3) is 0 Å². The molecule has 0 bridgehead atoms. The van der Waals surface area contributed by atoms with Crippen LogP contribution in [0.4, 0.5) is 11.9 Å². The van der Waals surface area contributed by atoms with Gasteiger partial charge in [-0.25, -0.2) is 4.79 Å². The van der Waals surface area contributed by atoms with Gasteiger partial charge < -0.3 is 20.6 Å². The zero-order valence-electron chi connectivity index (χ0n) is 12.1. The van der Waals surface area contributed by atoms with E-state index in [1.165, 1.54) is 17.8 Å². The van der Waals surface area contributed by atoms with Crippen LogP contribution in [0.2, 0.25) is 0 Å². The molecule has 0 unspecified atom stereocenters. The van der Waals surface area contributed by atoms with Crippen molar-refractivity contribution in [3.8, 4) is 5.75 Å². The minimum absolute atomic E-state index is 0.0576. The molecule has 0 amide bonds. The molecule has 23 heavy (non-hydrogen) atoms. The lowest BCUT2D eigenvalue weighted by Crippen LogP contribution is -2.04. The van der Waals surface area contributed by atoms with Crippen LogP contribution in [0.25, 0.3) is 11.0 Å². The van der Waals surface area contributed by atoms with Crippen LogP contribution >= 0.6 is 11.8 Å². The molecule has 3 aromatic rings. The molecule has 0 aliphatic heterocycles. The van der Waals surface area contributed by atoms with Gasteiger partial charge in [-0.15, -0.1) is 0 Å². The Kier molecular flexibility index (Phi) is 4.02. The van der Waals surface area contributed by atoms with Crippen molar-refractivity contribution in [2.45, 2.75) is 10.9 Å². The highest BCUT2D eigenvalue weighted by atomic mass is 32.2. The quantitative estimate of drug-likeness (QED) is 0.538. The monoisotopic (exact) mass is 331 g/mol. The SMILES string of the molecule is COc1ccc2c(CSc3nc(N)nc(N)n3)cc(=O)oc2c1. The summed E-state index contributed by atoms with van der Waals surface area (Å²) in [5, 5.41) is 1.21. The Labute approximate surface area is 134 Å². The smallest absolute Gasteiger partial charge is 0.336 e. The summed E-state index contributed by atoms with van der Waals surface area (Å²) in [7, 11) is 1.55. The average Bonchev–Trinajstić information content (AvgIpc) is 2.50. The third-order valence-electron chi connectivity index (χ3n) is 3.04. The number of benzene rings is 1. The van der Waals surface area contributed by atoms with E-state index < -0.39 is 5.63 Å². The van der Waals surface area contributed by atoms with Crippen LogP contribution in [0, 0.1) is 0 Å². The number of hydrogen-bond acceptors (Lipinski definition) is 9. The van der Waals surface area contributed by atoms with Crippen molar-refractivity contribution < 1.29 is 9.15 Å². The summed E-state index contributed by atoms with van der Waals surface area (Å²) in [5.74, 6) is 1.19. The molecule has 1 aromatic carbocycles. The first-order chi connectivity index (χ1) is 11.0. The molecule has 118 valence electrons. The van der Waals surface area contributed by atoms with Crippen LogP contribution in [-0.4, -0.2) is 22.1 Å². The number of ether oxygens (including phenoxy) is 1. The molecule has 0 spiro atoms. The molecule has 0 aliphatic rings. The molecular weight excluding hydrogens is 318 g/mol. The van der Waals surface area contributed by atoms with Gasteiger partial charge in [0, 0.05) is 23.3 Å². The van der Waals surface area contributed by atoms with Crippen LogP contribution in [0.5, 0.6) is 5.75 Å². The number of anilines is 2. The van der Waals surface area contributed by atoms with Crippen molar-refractivity contribution in [3.63, 3.8) is 0 Å². The highest BCUT2D eigenvalue weighted by molar-refractivity contribution is 7.98. The maximum Gasteiger partial charge on any atom is 0.336 e. The molecule has 3 rings (SSSR count). The van der Waals surface area contributed by atoms with Crippen molar-refractivity contribution in [2.24, 2.45) is 0 Å². The standard InChI is InChI=1S/C14H13N5O3S/c1-21-8-2-3-9-7(4-11(20)22-10(9)5-8)6-23-14-18-12(15)17-13(16)19-14/h2-5H,6H2,1H3,(H4,15,16,17,18,19). The maximum atomic E-state index is 11.7. The zero-order valence-corrected chi connectivity index (χ0v) is 13.0. The number of fused-ring (bicyclic) bond motifs is 1. The summed E-state index contributed by atoms with van der Waals surface area (Å²) < 4.78 is 10.3. The molecule has 0 aliphatic carbocycles. The van der Waals surface area contributed by atoms with Crippen LogP contribution in [0.3, 0.4) is 0 Å². The van der Waals surface area contributed by atoms with Gasteiger partial charge in [0.2, 0.25) is 11.9 Å². The predicted molar refractivity (Wildman–Crippen MR) is 87.2 cm³/mol. The summed E-state index contributed by atoms with van der Waals surface area (Å²) in [6.07, 6.45) is 0. The number of methoxy groups -OCH3 is 1. The third-order valence-corrected chi connectivity index (χ3v) is 3.94. The Morgan fingerprint density at radius 3 is 2.61 bits per heavy atom. The second kappa shape index (κ2) is 6.13. The molecular formula is C14H13N5O3S. The van der Waals surface area contributed by atoms with Crippen molar-refractivity contribution in [2.75, 3.05) is 18.6 Å². The molecule has 9 heteroatoms. The molecule has 0 atom stereocenters. The van der Waals surface area contributed by atoms with Crippen LogP contribution in [0.1, 0.15) is 5.56 Å². The summed E-state index contributed by atoms with van der Waals surface area (Å²) in [5.41, 5.74) is 11.9. The van der Waals surface area contributed by atoms with Gasteiger partial charge in [0.1, 0.15) is 11.3 Å². The summed E-state index contributed by atoms with van der Waals surface area (Å²) in [6.45, 7) is 0. The molecule has 0 fully saturated rings. The number of rotatable bonds is 4. The van der Waals surface area contributed by atoms with Gasteiger partial charge >= 0.3 is 5.63 Å². The predicted octanol–water partition coefficient (Wildman–Crippen LogP) is 1.44. The second-order valence-electron chi connectivity index (χ2n) is 4.58. The molecule has 0 radical (unpaired) electrons. The van der Waals surface area contributed by atoms with Crippen molar-refractivity contribution in [3.05, 3.63) is 40.2 Å². The van der Waals surface area contributed by atoms with Gasteiger partial charge in [-0.05, 0) is 17.7 Å². The van der Waals surface area contributed by atoms with E-state index >= 15 is 0 Å². The number of thioether (sulfide) groups is 1. The van der Waals surface area contributed by atoms with Gasteiger partial charge in [0.05, 0.1) is 7.11 Å². The number of nitrogens with zero attached hydrogens (tertiary/aromatic N) is 3. The molecule has 8 nitrogen and oxygen atoms in total. The molecule has 2 heterocycles. The normalized spacial score (nSPS) is 10.8. The summed E-state index contributed by atoms with van der Waals surface area (Å²) in [4.78, 5) is 23.4. The molecule has 0 saturated heterocycles. The summed E-state index contributed by atoms with van der Waals surface area (Å²) in [6, 6.07) is 6.75.